The van der Waals surface area contributed by atoms with E-state index in [4.69, 9.17) is 0 Å². The molecule has 1 heterocycles. The summed E-state index contributed by atoms with van der Waals surface area (Å²) >= 11 is 0.864. The van der Waals surface area contributed by atoms with Crippen LogP contribution >= 0.6 is 11.5 Å². The summed E-state index contributed by atoms with van der Waals surface area (Å²) in [5, 5.41) is 0. The molecule has 0 atom stereocenters. The largest absolute Gasteiger partial charge is 0.269 e. The number of rotatable bonds is 3. The van der Waals surface area contributed by atoms with Crippen molar-refractivity contribution in [3.05, 3.63) is 30.3 Å². The second-order valence-electron chi connectivity index (χ2n) is 2.96. The van der Waals surface area contributed by atoms with E-state index in [-0.39, 0.29) is 4.34 Å². The van der Waals surface area contributed by atoms with Gasteiger partial charge in [0.15, 0.2) is 5.82 Å². The third-order valence-corrected chi connectivity index (χ3v) is 4.42. The highest BCUT2D eigenvalue weighted by Gasteiger charge is 2.18. The van der Waals surface area contributed by atoms with Crippen molar-refractivity contribution in [2.24, 2.45) is 0 Å². The van der Waals surface area contributed by atoms with Crippen LogP contribution in [0.5, 0.6) is 0 Å². The zero-order valence-electron chi connectivity index (χ0n) is 8.41. The average molecular weight is 255 g/mol. The van der Waals surface area contributed by atoms with Crippen molar-refractivity contribution in [1.29, 1.82) is 0 Å². The Labute approximate surface area is 97.4 Å². The van der Waals surface area contributed by atoms with Crippen LogP contribution in [-0.4, -0.2) is 24.8 Å². The van der Waals surface area contributed by atoms with Crippen molar-refractivity contribution in [1.82, 2.24) is 14.1 Å². The molecule has 0 unspecified atom stereocenters. The molecule has 2 rings (SSSR count). The van der Waals surface area contributed by atoms with Gasteiger partial charge in [0.05, 0.1) is 0 Å². The molecule has 16 heavy (non-hydrogen) atoms. The molecule has 0 aliphatic rings. The predicted octanol–water partition coefficient (Wildman–Crippen LogP) is 1.11. The number of hydrogen-bond donors (Lipinski definition) is 1. The molecule has 0 saturated heterocycles. The van der Waals surface area contributed by atoms with Gasteiger partial charge >= 0.3 is 0 Å². The zero-order chi connectivity index (χ0) is 11.6. The molecule has 5 nitrogen and oxygen atoms in total. The van der Waals surface area contributed by atoms with Crippen molar-refractivity contribution in [3.63, 3.8) is 0 Å². The van der Waals surface area contributed by atoms with Crippen LogP contribution in [0.25, 0.3) is 11.4 Å². The molecule has 0 bridgehead atoms. The van der Waals surface area contributed by atoms with Gasteiger partial charge in [-0.2, -0.15) is 4.37 Å². The van der Waals surface area contributed by atoms with Crippen LogP contribution in [0.4, 0.5) is 0 Å². The van der Waals surface area contributed by atoms with Gasteiger partial charge < -0.3 is 0 Å². The third kappa shape index (κ3) is 2.11. The summed E-state index contributed by atoms with van der Waals surface area (Å²) in [7, 11) is -2.14. The van der Waals surface area contributed by atoms with E-state index in [9.17, 15) is 8.42 Å². The lowest BCUT2D eigenvalue weighted by atomic mass is 10.2. The molecule has 1 aromatic carbocycles. The van der Waals surface area contributed by atoms with Crippen LogP contribution in [0.3, 0.4) is 0 Å². The summed E-state index contributed by atoms with van der Waals surface area (Å²) < 4.78 is 29.1. The Morgan fingerprint density at radius 2 is 1.94 bits per heavy atom. The quantitative estimate of drug-likeness (QED) is 0.892. The minimum absolute atomic E-state index is 0.0196. The molecule has 7 heteroatoms. The number of benzene rings is 1. The minimum atomic E-state index is -3.49. The molecule has 1 aromatic heterocycles. The number of aromatic nitrogens is 2. The molecule has 1 N–H and O–H groups in total. The maximum atomic E-state index is 11.4. The fourth-order valence-electron chi connectivity index (χ4n) is 1.11. The smallest absolute Gasteiger partial charge is 0.212 e. The highest BCUT2D eigenvalue weighted by atomic mass is 32.2. The van der Waals surface area contributed by atoms with Crippen LogP contribution < -0.4 is 4.72 Å². The molecule has 0 amide bonds. The summed E-state index contributed by atoms with van der Waals surface area (Å²) in [4.78, 5) is 3.98. The molecular formula is C9H9N3O2S2. The van der Waals surface area contributed by atoms with Crippen molar-refractivity contribution >= 4 is 21.6 Å². The van der Waals surface area contributed by atoms with Gasteiger partial charge in [-0.1, -0.05) is 30.3 Å². The highest BCUT2D eigenvalue weighted by molar-refractivity contribution is 7.91. The Hall–Kier alpha value is -1.31. The lowest BCUT2D eigenvalue weighted by molar-refractivity contribution is 0.587. The standard InChI is InChI=1S/C9H9N3O2S2/c1-10-16(13,14)9-11-8(12-15-9)7-5-3-2-4-6-7/h2-6,10H,1H3. The monoisotopic (exact) mass is 255 g/mol. The Morgan fingerprint density at radius 3 is 2.56 bits per heavy atom. The van der Waals surface area contributed by atoms with Crippen LogP contribution in [0.2, 0.25) is 0 Å². The van der Waals surface area contributed by atoms with Crippen molar-refractivity contribution in [3.8, 4) is 11.4 Å². The van der Waals surface area contributed by atoms with Crippen molar-refractivity contribution in [2.75, 3.05) is 7.05 Å². The van der Waals surface area contributed by atoms with Crippen molar-refractivity contribution in [2.45, 2.75) is 4.34 Å². The first-order chi connectivity index (χ1) is 7.63. The SMILES string of the molecule is CNS(=O)(=O)c1nc(-c2ccccc2)ns1. The first-order valence-corrected chi connectivity index (χ1v) is 6.72. The van der Waals surface area contributed by atoms with E-state index in [2.05, 4.69) is 14.1 Å². The second kappa shape index (κ2) is 4.28. The molecule has 0 fully saturated rings. The van der Waals surface area contributed by atoms with Crippen LogP contribution in [0, 0.1) is 0 Å². The number of sulfonamides is 1. The fourth-order valence-corrected chi connectivity index (χ4v) is 2.68. The zero-order valence-corrected chi connectivity index (χ0v) is 10.0. The van der Waals surface area contributed by atoms with Crippen LogP contribution in [0.1, 0.15) is 0 Å². The lowest BCUT2D eigenvalue weighted by Crippen LogP contribution is -2.18. The Morgan fingerprint density at radius 1 is 1.25 bits per heavy atom. The number of nitrogens with zero attached hydrogens (tertiary/aromatic N) is 2. The summed E-state index contributed by atoms with van der Waals surface area (Å²) in [5.74, 6) is 0.430. The van der Waals surface area contributed by atoms with E-state index in [1.54, 1.807) is 0 Å². The molecule has 0 aliphatic carbocycles. The summed E-state index contributed by atoms with van der Waals surface area (Å²) in [6.07, 6.45) is 0. The Bertz CT molecular complexity index is 578. The summed E-state index contributed by atoms with van der Waals surface area (Å²) in [6, 6.07) is 9.24. The van der Waals surface area contributed by atoms with Gasteiger partial charge in [-0.15, -0.1) is 0 Å². The van der Waals surface area contributed by atoms with E-state index < -0.39 is 10.0 Å². The maximum Gasteiger partial charge on any atom is 0.269 e. The van der Waals surface area contributed by atoms with E-state index >= 15 is 0 Å². The molecule has 84 valence electrons. The summed E-state index contributed by atoms with van der Waals surface area (Å²) in [6.45, 7) is 0. The molecule has 2 aromatic rings. The van der Waals surface area contributed by atoms with E-state index in [1.165, 1.54) is 7.05 Å². The maximum absolute atomic E-state index is 11.4. The normalized spacial score (nSPS) is 11.6. The van der Waals surface area contributed by atoms with Gasteiger partial charge in [0.1, 0.15) is 0 Å². The molecule has 0 aliphatic heterocycles. The first kappa shape index (κ1) is 11.2. The van der Waals surface area contributed by atoms with Gasteiger partial charge in [-0.25, -0.2) is 18.1 Å². The van der Waals surface area contributed by atoms with Gasteiger partial charge in [-0.3, -0.25) is 0 Å². The van der Waals surface area contributed by atoms with Gasteiger partial charge in [-0.05, 0) is 18.6 Å². The van der Waals surface area contributed by atoms with Crippen LogP contribution in [0.15, 0.2) is 34.7 Å². The fraction of sp³-hybridized carbons (Fsp3) is 0.111. The molecule has 0 saturated carbocycles. The van der Waals surface area contributed by atoms with E-state index in [0.29, 0.717) is 5.82 Å². The molecular weight excluding hydrogens is 246 g/mol. The summed E-state index contributed by atoms with van der Waals surface area (Å²) in [5.41, 5.74) is 0.802. The number of hydrogen-bond acceptors (Lipinski definition) is 5. The predicted molar refractivity (Wildman–Crippen MR) is 61.6 cm³/mol. The molecule has 0 radical (unpaired) electrons. The minimum Gasteiger partial charge on any atom is -0.212 e. The lowest BCUT2D eigenvalue weighted by Gasteiger charge is -1.94. The van der Waals surface area contributed by atoms with Crippen molar-refractivity contribution < 1.29 is 8.42 Å². The molecule has 0 spiro atoms. The van der Waals surface area contributed by atoms with Gasteiger partial charge in [0, 0.05) is 5.56 Å². The first-order valence-electron chi connectivity index (χ1n) is 4.46. The van der Waals surface area contributed by atoms with Gasteiger partial charge in [0.2, 0.25) is 4.34 Å². The highest BCUT2D eigenvalue weighted by Crippen LogP contribution is 2.20. The van der Waals surface area contributed by atoms with E-state index in [1.807, 2.05) is 30.3 Å². The second-order valence-corrected chi connectivity index (χ2v) is 5.77. The Balaban J connectivity index is 2.42. The van der Waals surface area contributed by atoms with E-state index in [0.717, 1.165) is 17.1 Å². The topological polar surface area (TPSA) is 72.0 Å². The van der Waals surface area contributed by atoms with Gasteiger partial charge in [0.25, 0.3) is 10.0 Å². The Kier molecular flexibility index (Phi) is 2.99. The average Bonchev–Trinajstić information content (AvgIpc) is 2.80. The number of nitrogens with one attached hydrogen (secondary N) is 1. The van der Waals surface area contributed by atoms with Crippen LogP contribution in [-0.2, 0) is 10.0 Å². The third-order valence-electron chi connectivity index (χ3n) is 1.94.